The summed E-state index contributed by atoms with van der Waals surface area (Å²) in [6.07, 6.45) is 8.97. The van der Waals surface area contributed by atoms with Crippen molar-refractivity contribution in [3.8, 4) is 0 Å². The van der Waals surface area contributed by atoms with Gasteiger partial charge in [0.05, 0.1) is 5.92 Å². The Balaban J connectivity index is 2.07. The molecule has 0 radical (unpaired) electrons. The normalized spacial score (nSPS) is 35.5. The Kier molecular flexibility index (Phi) is 2.27. The summed E-state index contributed by atoms with van der Waals surface area (Å²) < 4.78 is 0. The molecule has 0 heterocycles. The first-order valence-corrected chi connectivity index (χ1v) is 5.12. The highest BCUT2D eigenvalue weighted by Gasteiger charge is 2.39. The van der Waals surface area contributed by atoms with Gasteiger partial charge in [-0.2, -0.15) is 4.79 Å². The lowest BCUT2D eigenvalue weighted by atomic mass is 9.67. The first-order valence-electron chi connectivity index (χ1n) is 5.12. The highest BCUT2D eigenvalue weighted by molar-refractivity contribution is 5.82. The Hall–Kier alpha value is -0.620. The lowest BCUT2D eigenvalue weighted by Gasteiger charge is -2.34. The van der Waals surface area contributed by atoms with Crippen molar-refractivity contribution in [1.29, 1.82) is 0 Å². The molecule has 2 atom stereocenters. The van der Waals surface area contributed by atoms with Crippen LogP contribution in [0.2, 0.25) is 0 Å². The number of nitrogens with zero attached hydrogens (tertiary/aromatic N) is 2. The van der Waals surface area contributed by atoms with Crippen LogP contribution in [0.4, 0.5) is 0 Å². The maximum absolute atomic E-state index is 8.82. The number of hydrogen-bond acceptors (Lipinski definition) is 0. The number of fused-ring (bicyclic) bond motifs is 1. The predicted octanol–water partition coefficient (Wildman–Crippen LogP) is 2.65. The Bertz CT molecular complexity index is 216. The van der Waals surface area contributed by atoms with Crippen molar-refractivity contribution >= 4 is 5.71 Å². The van der Waals surface area contributed by atoms with Gasteiger partial charge in [0.15, 0.2) is 0 Å². The van der Waals surface area contributed by atoms with E-state index < -0.39 is 0 Å². The summed E-state index contributed by atoms with van der Waals surface area (Å²) in [4.78, 5) is 3.45. The molecule has 2 heteroatoms. The Morgan fingerprint density at radius 3 is 2.67 bits per heavy atom. The maximum Gasteiger partial charge on any atom is 0.272 e. The van der Waals surface area contributed by atoms with Crippen LogP contribution < -0.4 is 0 Å². The van der Waals surface area contributed by atoms with Crippen LogP contribution in [0, 0.1) is 11.8 Å². The zero-order chi connectivity index (χ0) is 8.39. The van der Waals surface area contributed by atoms with Crippen molar-refractivity contribution in [3.63, 3.8) is 0 Å². The minimum Gasteiger partial charge on any atom is -0.362 e. The lowest BCUT2D eigenvalue weighted by Crippen LogP contribution is -2.34. The largest absolute Gasteiger partial charge is 0.362 e. The van der Waals surface area contributed by atoms with Gasteiger partial charge < -0.3 is 5.53 Å². The van der Waals surface area contributed by atoms with Crippen molar-refractivity contribution in [2.45, 2.75) is 44.9 Å². The maximum atomic E-state index is 8.82. The molecule has 2 unspecified atom stereocenters. The van der Waals surface area contributed by atoms with Crippen LogP contribution >= 0.6 is 0 Å². The summed E-state index contributed by atoms with van der Waals surface area (Å²) in [5.41, 5.74) is 9.91. The summed E-state index contributed by atoms with van der Waals surface area (Å²) in [5, 5.41) is 0. The van der Waals surface area contributed by atoms with Gasteiger partial charge in [-0.15, -0.1) is 0 Å². The van der Waals surface area contributed by atoms with E-state index in [0.29, 0.717) is 5.92 Å². The molecule has 2 saturated carbocycles. The van der Waals surface area contributed by atoms with Gasteiger partial charge in [0.25, 0.3) is 5.71 Å². The highest BCUT2D eigenvalue weighted by atomic mass is 14.9. The molecule has 0 aromatic heterocycles. The van der Waals surface area contributed by atoms with Gasteiger partial charge in [-0.3, -0.25) is 0 Å². The van der Waals surface area contributed by atoms with E-state index in [2.05, 4.69) is 4.79 Å². The van der Waals surface area contributed by atoms with Crippen LogP contribution in [0.25, 0.3) is 5.53 Å². The van der Waals surface area contributed by atoms with E-state index in [9.17, 15) is 0 Å². The third-order valence-electron chi connectivity index (χ3n) is 3.48. The standard InChI is InChI=1S/C10H16N2/c11-12-10-5-3-1-2-4-8-6-7-9(8)10/h8-9H,1-7H2. The fourth-order valence-corrected chi connectivity index (χ4v) is 2.55. The fraction of sp³-hybridized carbons (Fsp3) is 0.900. The molecular formula is C10H16N2. The SMILES string of the molecule is [N-]=[N+]=C1CCCCCC2CCC12. The molecule has 2 nitrogen and oxygen atoms in total. The summed E-state index contributed by atoms with van der Waals surface area (Å²) >= 11 is 0. The van der Waals surface area contributed by atoms with Crippen molar-refractivity contribution in [3.05, 3.63) is 5.53 Å². The molecule has 0 aliphatic heterocycles. The van der Waals surface area contributed by atoms with E-state index in [1.54, 1.807) is 0 Å². The van der Waals surface area contributed by atoms with Crippen LogP contribution in [0.5, 0.6) is 0 Å². The summed E-state index contributed by atoms with van der Waals surface area (Å²) in [6.45, 7) is 0. The molecule has 2 fully saturated rings. The first-order chi connectivity index (χ1) is 5.92. The van der Waals surface area contributed by atoms with Crippen LogP contribution in [0.3, 0.4) is 0 Å². The summed E-state index contributed by atoms with van der Waals surface area (Å²) in [6, 6.07) is 0. The van der Waals surface area contributed by atoms with Gasteiger partial charge in [0, 0.05) is 6.42 Å². The van der Waals surface area contributed by atoms with Gasteiger partial charge in [0.1, 0.15) is 0 Å². The summed E-state index contributed by atoms with van der Waals surface area (Å²) in [7, 11) is 0. The second-order valence-electron chi connectivity index (χ2n) is 4.13. The molecule has 66 valence electrons. The molecule has 0 aromatic rings. The minimum absolute atomic E-state index is 0.648. The third kappa shape index (κ3) is 1.32. The average molecular weight is 164 g/mol. The molecule has 2 aliphatic carbocycles. The molecule has 0 spiro atoms. The smallest absolute Gasteiger partial charge is 0.272 e. The molecule has 0 N–H and O–H groups in total. The number of hydrogen-bond donors (Lipinski definition) is 0. The van der Waals surface area contributed by atoms with E-state index in [4.69, 9.17) is 5.53 Å². The topological polar surface area (TPSA) is 36.4 Å². The van der Waals surface area contributed by atoms with Crippen molar-refractivity contribution < 1.29 is 4.79 Å². The summed E-state index contributed by atoms with van der Waals surface area (Å²) in [5.74, 6) is 1.51. The van der Waals surface area contributed by atoms with E-state index in [-0.39, 0.29) is 0 Å². The molecule has 0 aromatic carbocycles. The molecular weight excluding hydrogens is 148 g/mol. The van der Waals surface area contributed by atoms with Crippen LogP contribution in [0.15, 0.2) is 0 Å². The van der Waals surface area contributed by atoms with E-state index in [1.807, 2.05) is 0 Å². The molecule has 0 bridgehead atoms. The van der Waals surface area contributed by atoms with Gasteiger partial charge in [-0.25, -0.2) is 0 Å². The predicted molar refractivity (Wildman–Crippen MR) is 47.9 cm³/mol. The van der Waals surface area contributed by atoms with Crippen molar-refractivity contribution in [2.24, 2.45) is 11.8 Å². The molecule has 12 heavy (non-hydrogen) atoms. The molecule has 2 aliphatic rings. The lowest BCUT2D eigenvalue weighted by molar-refractivity contribution is -0.0270. The van der Waals surface area contributed by atoms with Gasteiger partial charge in [-0.1, -0.05) is 12.8 Å². The molecule has 0 saturated heterocycles. The van der Waals surface area contributed by atoms with Gasteiger partial charge >= 0.3 is 0 Å². The van der Waals surface area contributed by atoms with Crippen LogP contribution in [-0.2, 0) is 0 Å². The van der Waals surface area contributed by atoms with Crippen LogP contribution in [-0.4, -0.2) is 10.5 Å². The van der Waals surface area contributed by atoms with E-state index in [1.165, 1.54) is 38.5 Å². The van der Waals surface area contributed by atoms with Gasteiger partial charge in [0.2, 0.25) is 0 Å². The van der Waals surface area contributed by atoms with Crippen molar-refractivity contribution in [1.82, 2.24) is 0 Å². The fourth-order valence-electron chi connectivity index (χ4n) is 2.55. The Labute approximate surface area is 73.6 Å². The number of rotatable bonds is 0. The zero-order valence-corrected chi connectivity index (χ0v) is 7.50. The Morgan fingerprint density at radius 2 is 2.00 bits per heavy atom. The highest BCUT2D eigenvalue weighted by Crippen LogP contribution is 2.40. The monoisotopic (exact) mass is 164 g/mol. The first kappa shape index (κ1) is 8.00. The molecule has 2 rings (SSSR count). The minimum atomic E-state index is 0.648. The second-order valence-corrected chi connectivity index (χ2v) is 4.13. The van der Waals surface area contributed by atoms with Crippen LogP contribution in [0.1, 0.15) is 44.9 Å². The second kappa shape index (κ2) is 3.40. The molecule has 0 amide bonds. The quantitative estimate of drug-likeness (QED) is 0.390. The third-order valence-corrected chi connectivity index (χ3v) is 3.48. The van der Waals surface area contributed by atoms with Gasteiger partial charge in [-0.05, 0) is 31.6 Å². The zero-order valence-electron chi connectivity index (χ0n) is 7.50. The van der Waals surface area contributed by atoms with E-state index >= 15 is 0 Å². The Morgan fingerprint density at radius 1 is 1.08 bits per heavy atom. The average Bonchev–Trinajstić information content (AvgIpc) is 2.04. The van der Waals surface area contributed by atoms with Crippen molar-refractivity contribution in [2.75, 3.05) is 0 Å². The van der Waals surface area contributed by atoms with E-state index in [0.717, 1.165) is 18.1 Å².